The van der Waals surface area contributed by atoms with E-state index >= 15 is 0 Å². The predicted molar refractivity (Wildman–Crippen MR) is 68.2 cm³/mol. The Morgan fingerprint density at radius 1 is 1.29 bits per heavy atom. The maximum atomic E-state index is 11.5. The molecule has 0 saturated heterocycles. The Morgan fingerprint density at radius 3 is 2.41 bits per heavy atom. The second kappa shape index (κ2) is 3.99. The van der Waals surface area contributed by atoms with Crippen molar-refractivity contribution in [2.45, 2.75) is 37.1 Å². The first-order chi connectivity index (χ1) is 7.81. The number of rotatable bonds is 4. The molecular weight excluding hydrogens is 236 g/mol. The van der Waals surface area contributed by atoms with Gasteiger partial charge in [-0.05, 0) is 44.7 Å². The van der Waals surface area contributed by atoms with E-state index in [1.54, 1.807) is 18.2 Å². The summed E-state index contributed by atoms with van der Waals surface area (Å²) in [5, 5.41) is 8.50. The molecule has 1 aromatic carbocycles. The number of primary sulfonamides is 1. The molecule has 1 aliphatic rings. The van der Waals surface area contributed by atoms with Gasteiger partial charge in [-0.1, -0.05) is 12.1 Å². The molecule has 0 bridgehead atoms. The first-order valence-electron chi connectivity index (χ1n) is 5.71. The smallest absolute Gasteiger partial charge is 0.240 e. The number of nitrogens with one attached hydrogen (secondary N) is 1. The summed E-state index contributed by atoms with van der Waals surface area (Å²) in [6, 6.07) is 6.76. The van der Waals surface area contributed by atoms with Gasteiger partial charge in [-0.2, -0.15) is 0 Å². The highest BCUT2D eigenvalue weighted by Gasteiger charge is 2.38. The van der Waals surface area contributed by atoms with Crippen LogP contribution in [0.5, 0.6) is 0 Å². The van der Waals surface area contributed by atoms with E-state index in [4.69, 9.17) is 5.14 Å². The molecule has 94 valence electrons. The quantitative estimate of drug-likeness (QED) is 0.862. The van der Waals surface area contributed by atoms with Crippen molar-refractivity contribution in [1.82, 2.24) is 0 Å². The molecule has 5 heteroatoms. The summed E-state index contributed by atoms with van der Waals surface area (Å²) in [6.07, 6.45) is 2.38. The summed E-state index contributed by atoms with van der Waals surface area (Å²) >= 11 is 0. The van der Waals surface area contributed by atoms with Crippen molar-refractivity contribution >= 4 is 15.7 Å². The average molecular weight is 254 g/mol. The molecular formula is C12H18N2O2S. The van der Waals surface area contributed by atoms with Gasteiger partial charge >= 0.3 is 0 Å². The highest BCUT2D eigenvalue weighted by molar-refractivity contribution is 7.89. The topological polar surface area (TPSA) is 72.2 Å². The number of anilines is 1. The van der Waals surface area contributed by atoms with Gasteiger partial charge in [0.2, 0.25) is 10.0 Å². The minimum Gasteiger partial charge on any atom is -0.379 e. The van der Waals surface area contributed by atoms with Crippen molar-refractivity contribution in [1.29, 1.82) is 0 Å². The summed E-state index contributed by atoms with van der Waals surface area (Å²) in [5.41, 5.74) is 0.493. The number of para-hydroxylation sites is 1. The van der Waals surface area contributed by atoms with Gasteiger partial charge in [0.25, 0.3) is 0 Å². The molecule has 2 rings (SSSR count). The normalized spacial score (nSPS) is 16.9. The van der Waals surface area contributed by atoms with E-state index in [2.05, 4.69) is 19.2 Å². The first-order valence-corrected chi connectivity index (χ1v) is 7.25. The van der Waals surface area contributed by atoms with E-state index in [9.17, 15) is 8.42 Å². The Labute approximate surface area is 102 Å². The molecule has 3 N–H and O–H groups in total. The molecule has 1 aromatic rings. The van der Waals surface area contributed by atoms with Gasteiger partial charge in [0, 0.05) is 5.54 Å². The lowest BCUT2D eigenvalue weighted by atomic mass is 9.98. The minimum atomic E-state index is -3.67. The fourth-order valence-corrected chi connectivity index (χ4v) is 2.77. The third-order valence-electron chi connectivity index (χ3n) is 3.25. The third-order valence-corrected chi connectivity index (χ3v) is 4.22. The SMILES string of the molecule is CC(C)(Nc1ccccc1S(N)(=O)=O)C1CC1. The van der Waals surface area contributed by atoms with E-state index < -0.39 is 10.0 Å². The van der Waals surface area contributed by atoms with Crippen molar-refractivity contribution in [3.05, 3.63) is 24.3 Å². The van der Waals surface area contributed by atoms with Crippen LogP contribution in [-0.2, 0) is 10.0 Å². The summed E-state index contributed by atoms with van der Waals surface area (Å²) < 4.78 is 22.9. The Morgan fingerprint density at radius 2 is 1.88 bits per heavy atom. The number of benzene rings is 1. The number of sulfonamides is 1. The molecule has 0 aromatic heterocycles. The van der Waals surface area contributed by atoms with Crippen LogP contribution in [0.1, 0.15) is 26.7 Å². The number of hydrogen-bond donors (Lipinski definition) is 2. The zero-order valence-electron chi connectivity index (χ0n) is 10.1. The Bertz CT molecular complexity index is 519. The summed E-state index contributed by atoms with van der Waals surface area (Å²) in [7, 11) is -3.67. The minimum absolute atomic E-state index is 0.0964. The average Bonchev–Trinajstić information content (AvgIpc) is 2.99. The largest absolute Gasteiger partial charge is 0.379 e. The molecule has 0 radical (unpaired) electrons. The third kappa shape index (κ3) is 2.79. The maximum Gasteiger partial charge on any atom is 0.240 e. The van der Waals surface area contributed by atoms with Crippen LogP contribution >= 0.6 is 0 Å². The monoisotopic (exact) mass is 254 g/mol. The van der Waals surface area contributed by atoms with Crippen LogP contribution in [0, 0.1) is 5.92 Å². The van der Waals surface area contributed by atoms with Crippen molar-refractivity contribution in [3.8, 4) is 0 Å². The molecule has 1 aliphatic carbocycles. The van der Waals surface area contributed by atoms with E-state index in [1.807, 2.05) is 0 Å². The highest BCUT2D eigenvalue weighted by atomic mass is 32.2. The molecule has 0 aliphatic heterocycles. The highest BCUT2D eigenvalue weighted by Crippen LogP contribution is 2.41. The van der Waals surface area contributed by atoms with Gasteiger partial charge in [-0.25, -0.2) is 13.6 Å². The summed E-state index contributed by atoms with van der Waals surface area (Å²) in [5.74, 6) is 0.607. The van der Waals surface area contributed by atoms with Gasteiger partial charge in [0.15, 0.2) is 0 Å². The second-order valence-corrected chi connectivity index (χ2v) is 6.69. The van der Waals surface area contributed by atoms with Gasteiger partial charge < -0.3 is 5.32 Å². The van der Waals surface area contributed by atoms with Crippen molar-refractivity contribution in [3.63, 3.8) is 0 Å². The van der Waals surface area contributed by atoms with Crippen LogP contribution in [0.2, 0.25) is 0 Å². The molecule has 0 unspecified atom stereocenters. The lowest BCUT2D eigenvalue weighted by Gasteiger charge is -2.28. The lowest BCUT2D eigenvalue weighted by Crippen LogP contribution is -2.34. The fourth-order valence-electron chi connectivity index (χ4n) is 2.07. The van der Waals surface area contributed by atoms with Crippen LogP contribution in [0.25, 0.3) is 0 Å². The zero-order valence-corrected chi connectivity index (χ0v) is 10.9. The number of nitrogens with two attached hydrogens (primary N) is 1. The van der Waals surface area contributed by atoms with Crippen LogP contribution in [-0.4, -0.2) is 14.0 Å². The van der Waals surface area contributed by atoms with E-state index in [-0.39, 0.29) is 10.4 Å². The van der Waals surface area contributed by atoms with E-state index in [0.29, 0.717) is 11.6 Å². The summed E-state index contributed by atoms with van der Waals surface area (Å²) in [6.45, 7) is 4.18. The van der Waals surface area contributed by atoms with Crippen molar-refractivity contribution < 1.29 is 8.42 Å². The molecule has 4 nitrogen and oxygen atoms in total. The fraction of sp³-hybridized carbons (Fsp3) is 0.500. The zero-order chi connectivity index (χ0) is 12.7. The van der Waals surface area contributed by atoms with Gasteiger partial charge in [0.05, 0.1) is 5.69 Å². The molecule has 0 amide bonds. The molecule has 0 heterocycles. The lowest BCUT2D eigenvalue weighted by molar-refractivity contribution is 0.493. The van der Waals surface area contributed by atoms with Crippen molar-refractivity contribution in [2.75, 3.05) is 5.32 Å². The van der Waals surface area contributed by atoms with E-state index in [1.165, 1.54) is 18.9 Å². The Hall–Kier alpha value is -1.07. The predicted octanol–water partition coefficient (Wildman–Crippen LogP) is 1.93. The van der Waals surface area contributed by atoms with Gasteiger partial charge in [0.1, 0.15) is 4.90 Å². The molecule has 1 fully saturated rings. The van der Waals surface area contributed by atoms with Crippen LogP contribution in [0.4, 0.5) is 5.69 Å². The van der Waals surface area contributed by atoms with Crippen molar-refractivity contribution in [2.24, 2.45) is 11.1 Å². The first kappa shape index (κ1) is 12.4. The molecule has 0 atom stereocenters. The maximum absolute atomic E-state index is 11.5. The summed E-state index contributed by atoms with van der Waals surface area (Å²) in [4.78, 5) is 0.161. The molecule has 0 spiro atoms. The van der Waals surface area contributed by atoms with Crippen LogP contribution < -0.4 is 10.5 Å². The van der Waals surface area contributed by atoms with Gasteiger partial charge in [-0.15, -0.1) is 0 Å². The second-order valence-electron chi connectivity index (χ2n) is 5.16. The van der Waals surface area contributed by atoms with Crippen LogP contribution in [0.15, 0.2) is 29.2 Å². The number of hydrogen-bond acceptors (Lipinski definition) is 3. The van der Waals surface area contributed by atoms with Crippen LogP contribution in [0.3, 0.4) is 0 Å². The Balaban J connectivity index is 2.33. The Kier molecular flexibility index (Phi) is 2.91. The van der Waals surface area contributed by atoms with Gasteiger partial charge in [-0.3, -0.25) is 0 Å². The molecule has 17 heavy (non-hydrogen) atoms. The molecule has 1 saturated carbocycles. The standard InChI is InChI=1S/C12H18N2O2S/c1-12(2,9-7-8-9)14-10-5-3-4-6-11(10)17(13,15)16/h3-6,9,14H,7-8H2,1-2H3,(H2,13,15,16). The van der Waals surface area contributed by atoms with E-state index in [0.717, 1.165) is 0 Å².